The van der Waals surface area contributed by atoms with E-state index in [9.17, 15) is 10.1 Å². The van der Waals surface area contributed by atoms with Gasteiger partial charge in [0.05, 0.1) is 11.5 Å². The van der Waals surface area contributed by atoms with E-state index in [0.29, 0.717) is 16.7 Å². The van der Waals surface area contributed by atoms with Crippen LogP contribution in [0.4, 0.5) is 11.4 Å². The number of aromatic nitrogens is 1. The largest absolute Gasteiger partial charge is 0.374 e. The number of anilines is 1. The van der Waals surface area contributed by atoms with Crippen molar-refractivity contribution in [1.82, 2.24) is 4.98 Å². The van der Waals surface area contributed by atoms with Gasteiger partial charge in [-0.1, -0.05) is 29.3 Å². The van der Waals surface area contributed by atoms with Crippen molar-refractivity contribution in [2.24, 2.45) is 0 Å². The average molecular weight is 304 g/mol. The van der Waals surface area contributed by atoms with Crippen molar-refractivity contribution in [3.63, 3.8) is 0 Å². The molecule has 0 aliphatic carbocycles. The maximum atomic E-state index is 10.9. The van der Waals surface area contributed by atoms with Crippen molar-refractivity contribution < 1.29 is 4.92 Å². The summed E-state index contributed by atoms with van der Waals surface area (Å²) in [5.74, 6) is 0. The molecule has 1 heterocycles. The lowest BCUT2D eigenvalue weighted by atomic mass is 10.2. The van der Waals surface area contributed by atoms with Gasteiger partial charge in [0.1, 0.15) is 10.7 Å². The monoisotopic (exact) mass is 303 g/mol. The van der Waals surface area contributed by atoms with Crippen LogP contribution in [0.15, 0.2) is 24.4 Å². The molecule has 0 atom stereocenters. The van der Waals surface area contributed by atoms with E-state index in [0.717, 1.165) is 4.88 Å². The Kier molecular flexibility index (Phi) is 4.00. The SMILES string of the molecule is O=[N+]([O-])c1c(Cl)cccc1NCc1cnc(Cl)s1. The van der Waals surface area contributed by atoms with Gasteiger partial charge < -0.3 is 5.32 Å². The first kappa shape index (κ1) is 13.1. The van der Waals surface area contributed by atoms with Crippen LogP contribution < -0.4 is 5.32 Å². The molecule has 0 aliphatic heterocycles. The van der Waals surface area contributed by atoms with Gasteiger partial charge in [0.25, 0.3) is 0 Å². The number of para-hydroxylation sites is 1. The zero-order chi connectivity index (χ0) is 13.1. The second-order valence-corrected chi connectivity index (χ2v) is 5.43. The van der Waals surface area contributed by atoms with Crippen LogP contribution in [0.1, 0.15) is 4.88 Å². The summed E-state index contributed by atoms with van der Waals surface area (Å²) in [7, 11) is 0. The van der Waals surface area contributed by atoms with E-state index in [1.165, 1.54) is 17.4 Å². The van der Waals surface area contributed by atoms with Crippen LogP contribution in [-0.2, 0) is 6.54 Å². The molecule has 18 heavy (non-hydrogen) atoms. The smallest absolute Gasteiger partial charge is 0.310 e. The lowest BCUT2D eigenvalue weighted by molar-refractivity contribution is -0.383. The Morgan fingerprint density at radius 2 is 2.22 bits per heavy atom. The molecular formula is C10H7Cl2N3O2S. The molecule has 0 amide bonds. The van der Waals surface area contributed by atoms with E-state index in [-0.39, 0.29) is 10.7 Å². The predicted molar refractivity (Wildman–Crippen MR) is 72.6 cm³/mol. The summed E-state index contributed by atoms with van der Waals surface area (Å²) < 4.78 is 0.437. The van der Waals surface area contributed by atoms with Crippen LogP contribution in [0, 0.1) is 10.1 Å². The van der Waals surface area contributed by atoms with Crippen molar-refractivity contribution >= 4 is 45.9 Å². The topological polar surface area (TPSA) is 68.1 Å². The number of hydrogen-bond acceptors (Lipinski definition) is 5. The van der Waals surface area contributed by atoms with Gasteiger partial charge in [0.15, 0.2) is 4.47 Å². The maximum Gasteiger partial charge on any atom is 0.310 e. The first-order chi connectivity index (χ1) is 8.58. The number of halogens is 2. The third kappa shape index (κ3) is 2.90. The van der Waals surface area contributed by atoms with E-state index < -0.39 is 4.92 Å². The minimum absolute atomic E-state index is 0.104. The first-order valence-corrected chi connectivity index (χ1v) is 6.42. The van der Waals surface area contributed by atoms with E-state index in [1.54, 1.807) is 18.3 Å². The van der Waals surface area contributed by atoms with Gasteiger partial charge in [-0.3, -0.25) is 10.1 Å². The molecule has 5 nitrogen and oxygen atoms in total. The summed E-state index contributed by atoms with van der Waals surface area (Å²) in [4.78, 5) is 15.2. The summed E-state index contributed by atoms with van der Waals surface area (Å²) >= 11 is 12.8. The Labute approximate surface area is 117 Å². The minimum atomic E-state index is -0.510. The fourth-order valence-electron chi connectivity index (χ4n) is 1.39. The zero-order valence-electron chi connectivity index (χ0n) is 8.89. The zero-order valence-corrected chi connectivity index (χ0v) is 11.2. The molecule has 1 aromatic heterocycles. The Hall–Kier alpha value is -1.37. The highest BCUT2D eigenvalue weighted by atomic mass is 35.5. The quantitative estimate of drug-likeness (QED) is 0.685. The number of rotatable bonds is 4. The average Bonchev–Trinajstić information content (AvgIpc) is 2.72. The molecule has 94 valence electrons. The van der Waals surface area contributed by atoms with Crippen molar-refractivity contribution in [3.05, 3.63) is 48.9 Å². The van der Waals surface area contributed by atoms with Gasteiger partial charge in [-0.05, 0) is 12.1 Å². The van der Waals surface area contributed by atoms with Crippen LogP contribution in [0.25, 0.3) is 0 Å². The molecule has 2 rings (SSSR count). The molecule has 0 radical (unpaired) electrons. The highest BCUT2D eigenvalue weighted by molar-refractivity contribution is 7.15. The van der Waals surface area contributed by atoms with E-state index in [4.69, 9.17) is 23.2 Å². The first-order valence-electron chi connectivity index (χ1n) is 4.85. The molecule has 0 fully saturated rings. The van der Waals surface area contributed by atoms with Gasteiger partial charge in [0, 0.05) is 11.1 Å². The van der Waals surface area contributed by atoms with Gasteiger partial charge in [-0.2, -0.15) is 0 Å². The lowest BCUT2D eigenvalue weighted by Gasteiger charge is -2.06. The molecule has 2 aromatic rings. The van der Waals surface area contributed by atoms with E-state index in [2.05, 4.69) is 10.3 Å². The van der Waals surface area contributed by atoms with Gasteiger partial charge in [-0.25, -0.2) is 4.98 Å². The van der Waals surface area contributed by atoms with Crippen molar-refractivity contribution in [2.75, 3.05) is 5.32 Å². The third-order valence-electron chi connectivity index (χ3n) is 2.15. The molecule has 1 N–H and O–H groups in total. The summed E-state index contributed by atoms with van der Waals surface area (Å²) in [6.07, 6.45) is 1.62. The summed E-state index contributed by atoms with van der Waals surface area (Å²) in [6.45, 7) is 0.408. The number of nitro benzene ring substituents is 1. The fraction of sp³-hybridized carbons (Fsp3) is 0.100. The van der Waals surface area contributed by atoms with Crippen LogP contribution in [0.2, 0.25) is 9.49 Å². The van der Waals surface area contributed by atoms with Gasteiger partial charge in [-0.15, -0.1) is 11.3 Å². The van der Waals surface area contributed by atoms with Gasteiger partial charge in [0.2, 0.25) is 0 Å². The molecular weight excluding hydrogens is 297 g/mol. The molecule has 0 bridgehead atoms. The molecule has 8 heteroatoms. The van der Waals surface area contributed by atoms with Crippen LogP contribution in [0.3, 0.4) is 0 Å². The second kappa shape index (κ2) is 5.51. The molecule has 1 aromatic carbocycles. The summed E-state index contributed by atoms with van der Waals surface area (Å²) in [6, 6.07) is 4.73. The Balaban J connectivity index is 2.19. The van der Waals surface area contributed by atoms with Crippen LogP contribution in [-0.4, -0.2) is 9.91 Å². The summed E-state index contributed by atoms with van der Waals surface area (Å²) in [5.41, 5.74) is 0.242. The minimum Gasteiger partial charge on any atom is -0.374 e. The van der Waals surface area contributed by atoms with E-state index in [1.807, 2.05) is 0 Å². The Bertz CT molecular complexity index is 588. The maximum absolute atomic E-state index is 10.9. The highest BCUT2D eigenvalue weighted by Gasteiger charge is 2.18. The number of thiazole rings is 1. The molecule has 0 spiro atoms. The summed E-state index contributed by atoms with van der Waals surface area (Å²) in [5, 5.41) is 14.0. The van der Waals surface area contributed by atoms with Gasteiger partial charge >= 0.3 is 5.69 Å². The van der Waals surface area contributed by atoms with Crippen LogP contribution in [0.5, 0.6) is 0 Å². The second-order valence-electron chi connectivity index (χ2n) is 3.33. The molecule has 0 unspecified atom stereocenters. The standard InChI is InChI=1S/C10H7Cl2N3O2S/c11-7-2-1-3-8(9(7)15(16)17)13-4-6-5-14-10(12)18-6/h1-3,5,13H,4H2. The third-order valence-corrected chi connectivity index (χ3v) is 3.57. The highest BCUT2D eigenvalue weighted by Crippen LogP contribution is 2.32. The van der Waals surface area contributed by atoms with Crippen LogP contribution >= 0.6 is 34.5 Å². The number of nitrogens with one attached hydrogen (secondary N) is 1. The van der Waals surface area contributed by atoms with Crippen molar-refractivity contribution in [1.29, 1.82) is 0 Å². The Morgan fingerprint density at radius 1 is 1.44 bits per heavy atom. The Morgan fingerprint density at radius 3 is 2.83 bits per heavy atom. The van der Waals surface area contributed by atoms with E-state index >= 15 is 0 Å². The fourth-order valence-corrected chi connectivity index (χ4v) is 2.55. The normalized spacial score (nSPS) is 10.3. The number of hydrogen-bond donors (Lipinski definition) is 1. The molecule has 0 saturated heterocycles. The number of nitrogens with zero attached hydrogens (tertiary/aromatic N) is 2. The number of nitro groups is 1. The predicted octanol–water partition coefficient (Wildman–Crippen LogP) is 3.97. The molecule has 0 aliphatic rings. The van der Waals surface area contributed by atoms with Crippen molar-refractivity contribution in [2.45, 2.75) is 6.54 Å². The number of benzene rings is 1. The van der Waals surface area contributed by atoms with Crippen molar-refractivity contribution in [3.8, 4) is 0 Å². The lowest BCUT2D eigenvalue weighted by Crippen LogP contribution is -2.01. The molecule has 0 saturated carbocycles.